The van der Waals surface area contributed by atoms with Crippen LogP contribution in [-0.4, -0.2) is 63.1 Å². The number of aryl methyl sites for hydroxylation is 1. The van der Waals surface area contributed by atoms with Crippen molar-refractivity contribution >= 4 is 28.2 Å². The van der Waals surface area contributed by atoms with Gasteiger partial charge in [-0.05, 0) is 53.4 Å². The fourth-order valence-corrected chi connectivity index (χ4v) is 5.33. The molecule has 1 N–H and O–H groups in total. The van der Waals surface area contributed by atoms with E-state index in [0.717, 1.165) is 0 Å². The smallest absolute Gasteiger partial charge is 0.290 e. The number of carbonyl (C=O) groups is 1. The molecule has 1 aliphatic rings. The maximum Gasteiger partial charge on any atom is 0.290 e. The van der Waals surface area contributed by atoms with Gasteiger partial charge in [-0.3, -0.25) is 23.3 Å². The van der Waals surface area contributed by atoms with E-state index in [1.165, 1.54) is 28.6 Å². The van der Waals surface area contributed by atoms with Gasteiger partial charge in [-0.15, -0.1) is 0 Å². The van der Waals surface area contributed by atoms with Crippen molar-refractivity contribution in [2.75, 3.05) is 38.3 Å². The van der Waals surface area contributed by atoms with Crippen LogP contribution in [0.4, 0.5) is 20.3 Å². The summed E-state index contributed by atoms with van der Waals surface area (Å²) in [4.78, 5) is 45.3. The van der Waals surface area contributed by atoms with E-state index < -0.39 is 29.0 Å². The van der Waals surface area contributed by atoms with Crippen molar-refractivity contribution in [3.05, 3.63) is 111 Å². The van der Waals surface area contributed by atoms with Gasteiger partial charge in [0.15, 0.2) is 0 Å². The first-order chi connectivity index (χ1) is 22.1. The zero-order chi connectivity index (χ0) is 32.6. The molecule has 0 radical (unpaired) electrons. The number of nitrogens with zero attached hydrogens (tertiary/aromatic N) is 5. The van der Waals surface area contributed by atoms with Crippen LogP contribution >= 0.6 is 0 Å². The first kappa shape index (κ1) is 30.8. The predicted octanol–water partition coefficient (Wildman–Crippen LogP) is 4.75. The molecule has 5 aromatic rings. The number of benzene rings is 2. The van der Waals surface area contributed by atoms with E-state index in [2.05, 4.69) is 15.4 Å². The van der Waals surface area contributed by atoms with Crippen molar-refractivity contribution < 1.29 is 18.3 Å². The summed E-state index contributed by atoms with van der Waals surface area (Å²) >= 11 is 0. The number of alkyl halides is 1. The number of hydrogen-bond donors (Lipinski definition) is 1. The number of morpholine rings is 1. The van der Waals surface area contributed by atoms with E-state index in [1.54, 1.807) is 79.5 Å². The average molecular weight is 627 g/mol. The SMILES string of the molecule is Cn1nc(-c2cccc(-n3ccc4cc(C(C)(C)CF)cc(F)c4c3=O)c2)cc(Nc2ccc(C(=O)N3CCOCC3)cn2)c1=O. The van der Waals surface area contributed by atoms with E-state index in [-0.39, 0.29) is 17.0 Å². The normalized spacial score (nSPS) is 13.6. The van der Waals surface area contributed by atoms with Crippen LogP contribution in [-0.2, 0) is 17.2 Å². The van der Waals surface area contributed by atoms with Gasteiger partial charge in [-0.25, -0.2) is 14.1 Å². The molecular weight excluding hydrogens is 594 g/mol. The highest BCUT2D eigenvalue weighted by molar-refractivity contribution is 5.94. The van der Waals surface area contributed by atoms with Gasteiger partial charge in [0.2, 0.25) is 0 Å². The summed E-state index contributed by atoms with van der Waals surface area (Å²) in [5, 5.41) is 7.71. The molecule has 0 spiro atoms. The predicted molar refractivity (Wildman–Crippen MR) is 171 cm³/mol. The second-order valence-corrected chi connectivity index (χ2v) is 11.8. The number of halogens is 2. The van der Waals surface area contributed by atoms with Crippen molar-refractivity contribution in [1.82, 2.24) is 24.2 Å². The summed E-state index contributed by atoms with van der Waals surface area (Å²) < 4.78 is 36.7. The third kappa shape index (κ3) is 5.91. The highest BCUT2D eigenvalue weighted by Gasteiger charge is 2.23. The lowest BCUT2D eigenvalue weighted by Crippen LogP contribution is -2.40. The summed E-state index contributed by atoms with van der Waals surface area (Å²) in [7, 11) is 1.52. The molecule has 0 bridgehead atoms. The molecule has 3 aromatic heterocycles. The van der Waals surface area contributed by atoms with Crippen LogP contribution in [0.1, 0.15) is 29.8 Å². The average Bonchev–Trinajstić information content (AvgIpc) is 3.07. The molecule has 0 saturated carbocycles. The number of rotatable bonds is 7. The highest BCUT2D eigenvalue weighted by Crippen LogP contribution is 2.29. The Kier molecular flexibility index (Phi) is 8.22. The summed E-state index contributed by atoms with van der Waals surface area (Å²) in [5.74, 6) is -0.487. The van der Waals surface area contributed by atoms with Crippen molar-refractivity contribution in [1.29, 1.82) is 0 Å². The van der Waals surface area contributed by atoms with Gasteiger partial charge in [0, 0.05) is 49.2 Å². The van der Waals surface area contributed by atoms with Crippen molar-refractivity contribution in [2.45, 2.75) is 19.3 Å². The van der Waals surface area contributed by atoms with Gasteiger partial charge in [-0.1, -0.05) is 32.0 Å². The molecular formula is C34H32F2N6O4. The summed E-state index contributed by atoms with van der Waals surface area (Å²) in [6.45, 7) is 4.71. The van der Waals surface area contributed by atoms with Crippen LogP contribution in [0.3, 0.4) is 0 Å². The fraction of sp³-hybridized carbons (Fsp3) is 0.265. The Morgan fingerprint density at radius 2 is 1.80 bits per heavy atom. The van der Waals surface area contributed by atoms with E-state index >= 15 is 4.39 Å². The Labute approximate surface area is 262 Å². The van der Waals surface area contributed by atoms with Crippen molar-refractivity contribution in [3.8, 4) is 16.9 Å². The number of pyridine rings is 2. The second-order valence-electron chi connectivity index (χ2n) is 11.8. The van der Waals surface area contributed by atoms with Crippen LogP contribution < -0.4 is 16.4 Å². The zero-order valence-electron chi connectivity index (χ0n) is 25.6. The quantitative estimate of drug-likeness (QED) is 0.278. The monoisotopic (exact) mass is 626 g/mol. The Bertz CT molecular complexity index is 2070. The number of nitrogens with one attached hydrogen (secondary N) is 1. The molecule has 1 aliphatic heterocycles. The van der Waals surface area contributed by atoms with Crippen LogP contribution in [0.15, 0.2) is 82.6 Å². The lowest BCUT2D eigenvalue weighted by molar-refractivity contribution is 0.0302. The van der Waals surface area contributed by atoms with E-state index in [1.807, 2.05) is 0 Å². The third-order valence-electron chi connectivity index (χ3n) is 8.13. The molecule has 2 aromatic carbocycles. The molecule has 0 aliphatic carbocycles. The largest absolute Gasteiger partial charge is 0.378 e. The van der Waals surface area contributed by atoms with Gasteiger partial charge < -0.3 is 15.0 Å². The lowest BCUT2D eigenvalue weighted by atomic mass is 9.85. The molecule has 6 rings (SSSR count). The minimum atomic E-state index is -0.893. The third-order valence-corrected chi connectivity index (χ3v) is 8.13. The number of hydrogen-bond acceptors (Lipinski definition) is 7. The Morgan fingerprint density at radius 3 is 2.52 bits per heavy atom. The van der Waals surface area contributed by atoms with E-state index in [4.69, 9.17) is 4.74 Å². The minimum Gasteiger partial charge on any atom is -0.378 e. The van der Waals surface area contributed by atoms with Gasteiger partial charge in [0.25, 0.3) is 17.0 Å². The maximum absolute atomic E-state index is 15.3. The summed E-state index contributed by atoms with van der Waals surface area (Å²) in [5.41, 5.74) is 0.750. The highest BCUT2D eigenvalue weighted by atomic mass is 19.1. The number of amides is 1. The molecule has 236 valence electrons. The topological polar surface area (TPSA) is 111 Å². The molecule has 12 heteroatoms. The molecule has 46 heavy (non-hydrogen) atoms. The number of anilines is 2. The van der Waals surface area contributed by atoms with Gasteiger partial charge >= 0.3 is 0 Å². The minimum absolute atomic E-state index is 0.0943. The molecule has 10 nitrogen and oxygen atoms in total. The number of carbonyl (C=O) groups excluding carboxylic acids is 1. The fourth-order valence-electron chi connectivity index (χ4n) is 5.33. The van der Waals surface area contributed by atoms with Gasteiger partial charge in [-0.2, -0.15) is 5.10 Å². The molecule has 1 amide bonds. The van der Waals surface area contributed by atoms with Crippen LogP contribution in [0.5, 0.6) is 0 Å². The Morgan fingerprint density at radius 1 is 1.02 bits per heavy atom. The molecule has 0 unspecified atom stereocenters. The summed E-state index contributed by atoms with van der Waals surface area (Å²) in [6, 6.07) is 16.3. The van der Waals surface area contributed by atoms with Gasteiger partial charge in [0.1, 0.15) is 17.3 Å². The molecule has 1 saturated heterocycles. The molecule has 0 atom stereocenters. The van der Waals surface area contributed by atoms with E-state index in [0.29, 0.717) is 65.6 Å². The van der Waals surface area contributed by atoms with Crippen LogP contribution in [0, 0.1) is 5.82 Å². The number of aromatic nitrogens is 4. The number of fused-ring (bicyclic) bond motifs is 1. The number of ether oxygens (including phenoxy) is 1. The molecule has 4 heterocycles. The van der Waals surface area contributed by atoms with E-state index in [9.17, 15) is 18.8 Å². The van der Waals surface area contributed by atoms with Crippen LogP contribution in [0.2, 0.25) is 0 Å². The first-order valence-corrected chi connectivity index (χ1v) is 14.8. The van der Waals surface area contributed by atoms with Crippen molar-refractivity contribution in [3.63, 3.8) is 0 Å². The van der Waals surface area contributed by atoms with Crippen molar-refractivity contribution in [2.24, 2.45) is 7.05 Å². The zero-order valence-corrected chi connectivity index (χ0v) is 25.6. The maximum atomic E-state index is 15.3. The standard InChI is InChI=1S/C34H32F2N6O4/c1-34(2,20-35)24-15-22-9-10-42(33(45)30(22)26(36)17-24)25-6-4-5-21(16-25)27-18-28(32(44)40(3)39-27)38-29-8-7-23(19-37-29)31(43)41-11-13-46-14-12-41/h4-10,15-19H,11-14,20H2,1-3H3,(H,37,38). The second kappa shape index (κ2) is 12.3. The van der Waals surface area contributed by atoms with Crippen LogP contribution in [0.25, 0.3) is 27.7 Å². The Hall–Kier alpha value is -5.23. The lowest BCUT2D eigenvalue weighted by Gasteiger charge is -2.26. The first-order valence-electron chi connectivity index (χ1n) is 14.8. The Balaban J connectivity index is 1.30. The van der Waals surface area contributed by atoms with Gasteiger partial charge in [0.05, 0.1) is 36.5 Å². The molecule has 1 fully saturated rings. The summed E-state index contributed by atoms with van der Waals surface area (Å²) in [6.07, 6.45) is 3.01.